The molecule has 0 N–H and O–H groups in total. The summed E-state index contributed by atoms with van der Waals surface area (Å²) in [6.07, 6.45) is 2.59. The second-order valence-corrected chi connectivity index (χ2v) is 6.62. The molecule has 1 aromatic carbocycles. The van der Waals surface area contributed by atoms with Gasteiger partial charge in [0.1, 0.15) is 11.3 Å². The van der Waals surface area contributed by atoms with Gasteiger partial charge in [-0.25, -0.2) is 9.97 Å². The van der Waals surface area contributed by atoms with Gasteiger partial charge in [-0.1, -0.05) is 23.7 Å². The summed E-state index contributed by atoms with van der Waals surface area (Å²) in [5.74, 6) is 1.03. The van der Waals surface area contributed by atoms with Crippen LogP contribution in [0.2, 0.25) is 5.02 Å². The molecule has 3 rings (SSSR count). The van der Waals surface area contributed by atoms with E-state index in [4.69, 9.17) is 16.6 Å². The van der Waals surface area contributed by atoms with Crippen LogP contribution >= 0.6 is 11.6 Å². The molecular formula is C17H18ClN3. The molecule has 0 amide bonds. The minimum absolute atomic E-state index is 0.0646. The molecule has 0 atom stereocenters. The first-order valence-corrected chi connectivity index (χ1v) is 7.40. The number of hydrogen-bond acceptors (Lipinski definition) is 2. The molecule has 2 heterocycles. The Labute approximate surface area is 129 Å². The lowest BCUT2D eigenvalue weighted by molar-refractivity contribution is 0.394. The van der Waals surface area contributed by atoms with E-state index in [1.807, 2.05) is 42.6 Å². The molecule has 0 unspecified atom stereocenters. The molecule has 0 spiro atoms. The molecule has 0 saturated carbocycles. The van der Waals surface area contributed by atoms with Gasteiger partial charge in [-0.2, -0.15) is 0 Å². The highest BCUT2D eigenvalue weighted by atomic mass is 35.5. The topological polar surface area (TPSA) is 30.7 Å². The van der Waals surface area contributed by atoms with Crippen LogP contribution < -0.4 is 0 Å². The van der Waals surface area contributed by atoms with Gasteiger partial charge in [-0.3, -0.25) is 0 Å². The van der Waals surface area contributed by atoms with Crippen molar-refractivity contribution in [3.8, 4) is 0 Å². The van der Waals surface area contributed by atoms with Crippen LogP contribution in [0.25, 0.3) is 11.2 Å². The van der Waals surface area contributed by atoms with E-state index in [0.717, 1.165) is 28.4 Å². The van der Waals surface area contributed by atoms with Gasteiger partial charge in [0.2, 0.25) is 0 Å². The summed E-state index contributed by atoms with van der Waals surface area (Å²) in [6, 6.07) is 11.9. The lowest BCUT2D eigenvalue weighted by Crippen LogP contribution is -2.24. The van der Waals surface area contributed by atoms with Crippen LogP contribution in [0.15, 0.2) is 42.6 Å². The second kappa shape index (κ2) is 5.15. The van der Waals surface area contributed by atoms with Gasteiger partial charge in [0.25, 0.3) is 0 Å². The van der Waals surface area contributed by atoms with Crippen molar-refractivity contribution in [1.82, 2.24) is 14.5 Å². The molecule has 21 heavy (non-hydrogen) atoms. The van der Waals surface area contributed by atoms with Crippen molar-refractivity contribution in [2.45, 2.75) is 32.7 Å². The standard InChI is InChI=1S/C17H18ClN3/c1-17(2,3)21-15(11-12-6-8-13(18)9-7-12)20-14-5-4-10-19-16(14)21/h4-10H,11H2,1-3H3. The number of rotatable bonds is 2. The fourth-order valence-electron chi connectivity index (χ4n) is 2.57. The first-order valence-electron chi connectivity index (χ1n) is 7.02. The molecule has 4 heteroatoms. The molecule has 0 saturated heterocycles. The fraction of sp³-hybridized carbons (Fsp3) is 0.294. The highest BCUT2D eigenvalue weighted by Crippen LogP contribution is 2.25. The van der Waals surface area contributed by atoms with Crippen molar-refractivity contribution in [3.05, 3.63) is 59.0 Å². The highest BCUT2D eigenvalue weighted by Gasteiger charge is 2.22. The summed E-state index contributed by atoms with van der Waals surface area (Å²) in [6.45, 7) is 6.52. The molecule has 0 radical (unpaired) electrons. The Morgan fingerprint density at radius 1 is 1.10 bits per heavy atom. The van der Waals surface area contributed by atoms with Crippen LogP contribution in [0.5, 0.6) is 0 Å². The largest absolute Gasteiger partial charge is 0.307 e. The zero-order valence-electron chi connectivity index (χ0n) is 12.5. The molecule has 2 aromatic heterocycles. The maximum atomic E-state index is 5.95. The lowest BCUT2D eigenvalue weighted by Gasteiger charge is -2.24. The highest BCUT2D eigenvalue weighted by molar-refractivity contribution is 6.30. The summed E-state index contributed by atoms with van der Waals surface area (Å²) in [7, 11) is 0. The average Bonchev–Trinajstić information content (AvgIpc) is 2.79. The van der Waals surface area contributed by atoms with Gasteiger partial charge in [-0.15, -0.1) is 0 Å². The zero-order valence-corrected chi connectivity index (χ0v) is 13.2. The SMILES string of the molecule is CC(C)(C)n1c(Cc2ccc(Cl)cc2)nc2cccnc21. The van der Waals surface area contributed by atoms with E-state index in [2.05, 4.69) is 30.3 Å². The maximum Gasteiger partial charge on any atom is 0.160 e. The Bertz CT molecular complexity index is 767. The quantitative estimate of drug-likeness (QED) is 0.701. The number of hydrogen-bond donors (Lipinski definition) is 0. The first kappa shape index (κ1) is 14.1. The van der Waals surface area contributed by atoms with E-state index >= 15 is 0 Å². The van der Waals surface area contributed by atoms with Crippen LogP contribution in [0.1, 0.15) is 32.2 Å². The predicted molar refractivity (Wildman–Crippen MR) is 86.8 cm³/mol. The van der Waals surface area contributed by atoms with E-state index in [1.165, 1.54) is 5.56 Å². The van der Waals surface area contributed by atoms with Crippen molar-refractivity contribution >= 4 is 22.8 Å². The molecule has 0 aliphatic heterocycles. The van der Waals surface area contributed by atoms with Crippen LogP contribution in [-0.2, 0) is 12.0 Å². The van der Waals surface area contributed by atoms with E-state index in [9.17, 15) is 0 Å². The van der Waals surface area contributed by atoms with Crippen LogP contribution in [0, 0.1) is 0 Å². The molecule has 3 aromatic rings. The van der Waals surface area contributed by atoms with Crippen molar-refractivity contribution in [1.29, 1.82) is 0 Å². The number of fused-ring (bicyclic) bond motifs is 1. The number of halogens is 1. The van der Waals surface area contributed by atoms with Crippen molar-refractivity contribution < 1.29 is 0 Å². The third-order valence-electron chi connectivity index (χ3n) is 3.43. The summed E-state index contributed by atoms with van der Waals surface area (Å²) in [5, 5.41) is 0.754. The number of aromatic nitrogens is 3. The normalized spacial score (nSPS) is 12.0. The van der Waals surface area contributed by atoms with Gasteiger partial charge in [-0.05, 0) is 50.6 Å². The monoisotopic (exact) mass is 299 g/mol. The minimum atomic E-state index is -0.0646. The summed E-state index contributed by atoms with van der Waals surface area (Å²) in [5.41, 5.74) is 3.01. The number of pyridine rings is 1. The second-order valence-electron chi connectivity index (χ2n) is 6.18. The number of imidazole rings is 1. The summed E-state index contributed by atoms with van der Waals surface area (Å²) < 4.78 is 2.22. The van der Waals surface area contributed by atoms with E-state index in [0.29, 0.717) is 0 Å². The Hall–Kier alpha value is -1.87. The van der Waals surface area contributed by atoms with E-state index in [1.54, 1.807) is 0 Å². The molecule has 0 aliphatic carbocycles. The average molecular weight is 300 g/mol. The lowest BCUT2D eigenvalue weighted by atomic mass is 10.1. The predicted octanol–water partition coefficient (Wildman–Crippen LogP) is 4.43. The molecule has 108 valence electrons. The van der Waals surface area contributed by atoms with Crippen molar-refractivity contribution in [2.24, 2.45) is 0 Å². The Kier molecular flexibility index (Phi) is 3.46. The van der Waals surface area contributed by atoms with Gasteiger partial charge in [0.05, 0.1) is 0 Å². The van der Waals surface area contributed by atoms with Gasteiger partial charge >= 0.3 is 0 Å². The zero-order chi connectivity index (χ0) is 15.0. The fourth-order valence-corrected chi connectivity index (χ4v) is 2.69. The van der Waals surface area contributed by atoms with E-state index in [-0.39, 0.29) is 5.54 Å². The maximum absolute atomic E-state index is 5.95. The number of benzene rings is 1. The Balaban J connectivity index is 2.11. The Morgan fingerprint density at radius 3 is 2.48 bits per heavy atom. The third kappa shape index (κ3) is 2.79. The first-order chi connectivity index (χ1) is 9.95. The van der Waals surface area contributed by atoms with Crippen molar-refractivity contribution in [3.63, 3.8) is 0 Å². The molecule has 0 bridgehead atoms. The smallest absolute Gasteiger partial charge is 0.160 e. The van der Waals surface area contributed by atoms with Crippen LogP contribution in [0.3, 0.4) is 0 Å². The number of nitrogens with zero attached hydrogens (tertiary/aromatic N) is 3. The minimum Gasteiger partial charge on any atom is -0.307 e. The molecule has 0 fully saturated rings. The summed E-state index contributed by atoms with van der Waals surface area (Å²) in [4.78, 5) is 9.27. The van der Waals surface area contributed by atoms with Gasteiger partial charge in [0.15, 0.2) is 5.65 Å². The van der Waals surface area contributed by atoms with E-state index < -0.39 is 0 Å². The summed E-state index contributed by atoms with van der Waals surface area (Å²) >= 11 is 5.95. The molecule has 3 nitrogen and oxygen atoms in total. The molecular weight excluding hydrogens is 282 g/mol. The molecule has 0 aliphatic rings. The third-order valence-corrected chi connectivity index (χ3v) is 3.68. The van der Waals surface area contributed by atoms with Crippen molar-refractivity contribution in [2.75, 3.05) is 0 Å². The Morgan fingerprint density at radius 2 is 1.81 bits per heavy atom. The van der Waals surface area contributed by atoms with Gasteiger partial charge in [0, 0.05) is 23.2 Å². The van der Waals surface area contributed by atoms with Crippen LogP contribution in [0.4, 0.5) is 0 Å². The van der Waals surface area contributed by atoms with Crippen LogP contribution in [-0.4, -0.2) is 14.5 Å². The van der Waals surface area contributed by atoms with Gasteiger partial charge < -0.3 is 4.57 Å².